The molecule has 1 aliphatic heterocycles. The van der Waals surface area contributed by atoms with Crippen molar-refractivity contribution in [3.63, 3.8) is 0 Å². The van der Waals surface area contributed by atoms with Gasteiger partial charge in [0.05, 0.1) is 0 Å². The van der Waals surface area contributed by atoms with Crippen LogP contribution in [0.4, 0.5) is 5.82 Å². The molecule has 2 N–H and O–H groups in total. The van der Waals surface area contributed by atoms with Crippen molar-refractivity contribution < 1.29 is 4.79 Å². The van der Waals surface area contributed by atoms with Crippen LogP contribution < -0.4 is 10.6 Å². The number of anilines is 1. The number of thioether (sulfide) groups is 1. The minimum atomic E-state index is -0.213. The fourth-order valence-corrected chi connectivity index (χ4v) is 2.90. The summed E-state index contributed by atoms with van der Waals surface area (Å²) < 4.78 is 0. The molecule has 6 heteroatoms. The molecule has 1 unspecified atom stereocenters. The summed E-state index contributed by atoms with van der Waals surface area (Å²) in [5.74, 6) is 1.77. The van der Waals surface area contributed by atoms with E-state index in [0.29, 0.717) is 10.9 Å². The zero-order valence-corrected chi connectivity index (χ0v) is 10.6. The molecular weight excluding hydrogens is 236 g/mol. The molecule has 17 heavy (non-hydrogen) atoms. The quantitative estimate of drug-likeness (QED) is 0.841. The summed E-state index contributed by atoms with van der Waals surface area (Å²) in [6.07, 6.45) is 2.57. The van der Waals surface area contributed by atoms with E-state index in [9.17, 15) is 4.79 Å². The molecule has 1 aromatic rings. The second-order valence-electron chi connectivity index (χ2n) is 3.90. The maximum absolute atomic E-state index is 11.3. The normalized spacial score (nSPS) is 19.0. The molecule has 0 bridgehead atoms. The van der Waals surface area contributed by atoms with E-state index < -0.39 is 0 Å². The number of aromatic nitrogens is 2. The highest BCUT2D eigenvalue weighted by Crippen LogP contribution is 2.25. The minimum absolute atomic E-state index is 0.213. The van der Waals surface area contributed by atoms with E-state index in [1.807, 2.05) is 11.8 Å². The third-order valence-electron chi connectivity index (χ3n) is 2.66. The lowest BCUT2D eigenvalue weighted by Gasteiger charge is -2.10. The molecule has 1 atom stereocenters. The zero-order valence-electron chi connectivity index (χ0n) is 9.77. The van der Waals surface area contributed by atoms with Gasteiger partial charge in [-0.1, -0.05) is 0 Å². The zero-order chi connectivity index (χ0) is 12.1. The molecule has 5 nitrogen and oxygen atoms in total. The van der Waals surface area contributed by atoms with E-state index in [-0.39, 0.29) is 5.91 Å². The van der Waals surface area contributed by atoms with Crippen LogP contribution in [0.5, 0.6) is 0 Å². The Morgan fingerprint density at radius 2 is 2.41 bits per heavy atom. The molecule has 0 saturated carbocycles. The van der Waals surface area contributed by atoms with Gasteiger partial charge in [-0.15, -0.1) is 10.2 Å². The van der Waals surface area contributed by atoms with Gasteiger partial charge in [0.2, 0.25) is 0 Å². The van der Waals surface area contributed by atoms with Crippen molar-refractivity contribution in [2.24, 2.45) is 0 Å². The van der Waals surface area contributed by atoms with Crippen LogP contribution in [0.25, 0.3) is 0 Å². The van der Waals surface area contributed by atoms with Gasteiger partial charge in [0.15, 0.2) is 5.69 Å². The Morgan fingerprint density at radius 1 is 1.53 bits per heavy atom. The van der Waals surface area contributed by atoms with Crippen molar-refractivity contribution in [1.29, 1.82) is 0 Å². The summed E-state index contributed by atoms with van der Waals surface area (Å²) in [6, 6.07) is 3.47. The van der Waals surface area contributed by atoms with Crippen molar-refractivity contribution in [3.05, 3.63) is 17.8 Å². The topological polar surface area (TPSA) is 66.9 Å². The van der Waals surface area contributed by atoms with Crippen LogP contribution in [0, 0.1) is 0 Å². The number of hydrogen-bond acceptors (Lipinski definition) is 5. The van der Waals surface area contributed by atoms with Gasteiger partial charge in [-0.2, -0.15) is 11.8 Å². The van der Waals surface area contributed by atoms with Gasteiger partial charge in [0, 0.05) is 18.8 Å². The van der Waals surface area contributed by atoms with Crippen LogP contribution in [-0.4, -0.2) is 40.7 Å². The lowest BCUT2D eigenvalue weighted by Crippen LogP contribution is -2.20. The molecule has 1 saturated heterocycles. The first-order valence-corrected chi connectivity index (χ1v) is 6.76. The van der Waals surface area contributed by atoms with Crippen LogP contribution in [0.2, 0.25) is 0 Å². The van der Waals surface area contributed by atoms with Crippen molar-refractivity contribution in [2.75, 3.05) is 24.7 Å². The molecule has 1 aromatic heterocycles. The molecule has 2 rings (SSSR count). The average Bonchev–Trinajstić information content (AvgIpc) is 2.89. The number of nitrogens with zero attached hydrogens (tertiary/aromatic N) is 2. The van der Waals surface area contributed by atoms with Crippen molar-refractivity contribution in [1.82, 2.24) is 15.5 Å². The first kappa shape index (κ1) is 12.2. The molecule has 1 amide bonds. The van der Waals surface area contributed by atoms with E-state index >= 15 is 0 Å². The number of amides is 1. The van der Waals surface area contributed by atoms with E-state index in [0.717, 1.165) is 12.4 Å². The van der Waals surface area contributed by atoms with Crippen LogP contribution >= 0.6 is 11.8 Å². The second-order valence-corrected chi connectivity index (χ2v) is 5.31. The van der Waals surface area contributed by atoms with Crippen LogP contribution in [0.3, 0.4) is 0 Å². The van der Waals surface area contributed by atoms with E-state index in [1.54, 1.807) is 19.2 Å². The number of rotatable bonds is 4. The van der Waals surface area contributed by atoms with Gasteiger partial charge in [-0.25, -0.2) is 0 Å². The lowest BCUT2D eigenvalue weighted by atomic mass is 10.2. The van der Waals surface area contributed by atoms with E-state index in [4.69, 9.17) is 0 Å². The summed E-state index contributed by atoms with van der Waals surface area (Å²) in [5, 5.41) is 14.3. The largest absolute Gasteiger partial charge is 0.367 e. The van der Waals surface area contributed by atoms with Crippen LogP contribution in [0.15, 0.2) is 12.1 Å². The van der Waals surface area contributed by atoms with Crippen molar-refractivity contribution in [3.8, 4) is 0 Å². The number of carbonyl (C=O) groups is 1. The molecule has 1 fully saturated rings. The third kappa shape index (κ3) is 3.33. The first-order chi connectivity index (χ1) is 8.29. The fraction of sp³-hybridized carbons (Fsp3) is 0.545. The molecule has 0 aromatic carbocycles. The summed E-state index contributed by atoms with van der Waals surface area (Å²) in [6.45, 7) is 0.915. The maximum Gasteiger partial charge on any atom is 0.271 e. The Bertz CT molecular complexity index is 376. The van der Waals surface area contributed by atoms with Crippen molar-refractivity contribution in [2.45, 2.75) is 18.1 Å². The molecule has 0 radical (unpaired) electrons. The Morgan fingerprint density at radius 3 is 3.00 bits per heavy atom. The highest BCUT2D eigenvalue weighted by Gasteiger charge is 2.15. The summed E-state index contributed by atoms with van der Waals surface area (Å²) in [5.41, 5.74) is 0.341. The number of carbonyl (C=O) groups excluding carboxylic acids is 1. The second kappa shape index (κ2) is 5.86. The van der Waals surface area contributed by atoms with Crippen LogP contribution in [0.1, 0.15) is 23.3 Å². The maximum atomic E-state index is 11.3. The average molecular weight is 252 g/mol. The standard InChI is InChI=1S/C11H16N4OS/c1-12-11(16)9-4-5-10(15-14-9)13-7-8-3-2-6-17-8/h4-5,8H,2-3,6-7H2,1H3,(H,12,16)(H,13,15). The summed E-state index contributed by atoms with van der Waals surface area (Å²) in [4.78, 5) is 11.3. The Labute approximate surface area is 105 Å². The Kier molecular flexibility index (Phi) is 4.19. The number of nitrogens with one attached hydrogen (secondary N) is 2. The highest BCUT2D eigenvalue weighted by atomic mass is 32.2. The third-order valence-corrected chi connectivity index (χ3v) is 4.06. The molecule has 92 valence electrons. The SMILES string of the molecule is CNC(=O)c1ccc(NCC2CCCS2)nn1. The van der Waals surface area contributed by atoms with Gasteiger partial charge < -0.3 is 10.6 Å². The Hall–Kier alpha value is -1.30. The predicted molar refractivity (Wildman–Crippen MR) is 69.4 cm³/mol. The molecule has 0 spiro atoms. The Balaban J connectivity index is 1.87. The lowest BCUT2D eigenvalue weighted by molar-refractivity contribution is 0.0957. The molecule has 0 aliphatic carbocycles. The fourth-order valence-electron chi connectivity index (χ4n) is 1.70. The van der Waals surface area contributed by atoms with Gasteiger partial charge in [-0.3, -0.25) is 4.79 Å². The monoisotopic (exact) mass is 252 g/mol. The van der Waals surface area contributed by atoms with Gasteiger partial charge in [0.25, 0.3) is 5.91 Å². The molecule has 1 aliphatic rings. The summed E-state index contributed by atoms with van der Waals surface area (Å²) in [7, 11) is 1.58. The highest BCUT2D eigenvalue weighted by molar-refractivity contribution is 8.00. The van der Waals surface area contributed by atoms with Crippen molar-refractivity contribution >= 4 is 23.5 Å². The van der Waals surface area contributed by atoms with E-state index in [2.05, 4.69) is 20.8 Å². The molecular formula is C11H16N4OS. The van der Waals surface area contributed by atoms with Crippen LogP contribution in [-0.2, 0) is 0 Å². The number of hydrogen-bond donors (Lipinski definition) is 2. The minimum Gasteiger partial charge on any atom is -0.367 e. The van der Waals surface area contributed by atoms with E-state index in [1.165, 1.54) is 18.6 Å². The predicted octanol–water partition coefficient (Wildman–Crippen LogP) is 1.14. The smallest absolute Gasteiger partial charge is 0.271 e. The first-order valence-electron chi connectivity index (χ1n) is 5.71. The summed E-state index contributed by atoms with van der Waals surface area (Å²) >= 11 is 2.00. The molecule has 2 heterocycles. The van der Waals surface area contributed by atoms with Gasteiger partial charge in [-0.05, 0) is 30.7 Å². The van der Waals surface area contributed by atoms with Gasteiger partial charge in [0.1, 0.15) is 5.82 Å². The van der Waals surface area contributed by atoms with Gasteiger partial charge >= 0.3 is 0 Å².